The van der Waals surface area contributed by atoms with Crippen LogP contribution in [0.3, 0.4) is 0 Å². The Balaban J connectivity index is 3.02. The van der Waals surface area contributed by atoms with Gasteiger partial charge in [-0.15, -0.1) is 11.3 Å². The van der Waals surface area contributed by atoms with Crippen molar-refractivity contribution in [3.05, 3.63) is 17.0 Å². The smallest absolute Gasteiger partial charge is 0.252 e. The Labute approximate surface area is 113 Å². The fourth-order valence-corrected chi connectivity index (χ4v) is 4.73. The second-order valence-electron chi connectivity index (χ2n) is 3.99. The molecule has 0 saturated heterocycles. The van der Waals surface area contributed by atoms with Crippen molar-refractivity contribution in [2.75, 3.05) is 20.3 Å². The Morgan fingerprint density at radius 1 is 1.56 bits per heavy atom. The Morgan fingerprint density at radius 2 is 2.22 bits per heavy atom. The van der Waals surface area contributed by atoms with Gasteiger partial charge in [-0.1, -0.05) is 6.92 Å². The van der Waals surface area contributed by atoms with Crippen LogP contribution in [-0.4, -0.2) is 39.0 Å². The largest absolute Gasteiger partial charge is 0.383 e. The number of nitrogens with two attached hydrogens (primary N) is 1. The molecule has 0 aliphatic heterocycles. The maximum atomic E-state index is 12.4. The average Bonchev–Trinajstić information content (AvgIpc) is 2.79. The summed E-state index contributed by atoms with van der Waals surface area (Å²) in [6.45, 7) is 4.81. The van der Waals surface area contributed by atoms with Gasteiger partial charge in [-0.25, -0.2) is 8.42 Å². The molecule has 1 unspecified atom stereocenters. The third-order valence-corrected chi connectivity index (χ3v) is 6.19. The van der Waals surface area contributed by atoms with E-state index in [-0.39, 0.29) is 6.04 Å². The number of sulfonamides is 1. The molecule has 0 amide bonds. The van der Waals surface area contributed by atoms with Crippen LogP contribution in [0.5, 0.6) is 0 Å². The SMILES string of the molecule is CCN(C(C)COC)S(=O)(=O)c1cc(CN)cs1. The van der Waals surface area contributed by atoms with Gasteiger partial charge in [0.25, 0.3) is 10.0 Å². The van der Waals surface area contributed by atoms with E-state index in [2.05, 4.69) is 0 Å². The molecule has 1 heterocycles. The van der Waals surface area contributed by atoms with E-state index >= 15 is 0 Å². The average molecular weight is 292 g/mol. The molecule has 0 aromatic carbocycles. The number of hydrogen-bond donors (Lipinski definition) is 1. The lowest BCUT2D eigenvalue weighted by Crippen LogP contribution is -2.40. The normalized spacial score (nSPS) is 14.1. The van der Waals surface area contributed by atoms with Gasteiger partial charge in [0.15, 0.2) is 0 Å². The molecule has 1 rings (SSSR count). The van der Waals surface area contributed by atoms with Crippen LogP contribution < -0.4 is 5.73 Å². The first-order chi connectivity index (χ1) is 8.47. The van der Waals surface area contributed by atoms with E-state index in [1.807, 2.05) is 13.8 Å². The summed E-state index contributed by atoms with van der Waals surface area (Å²) in [5.41, 5.74) is 6.34. The number of hydrogen-bond acceptors (Lipinski definition) is 5. The second-order valence-corrected chi connectivity index (χ2v) is 7.02. The Hall–Kier alpha value is -0.470. The Bertz CT molecular complexity index is 470. The molecule has 0 aliphatic rings. The van der Waals surface area contributed by atoms with Crippen molar-refractivity contribution in [3.8, 4) is 0 Å². The molecule has 7 heteroatoms. The number of rotatable bonds is 7. The lowest BCUT2D eigenvalue weighted by atomic mass is 10.3. The van der Waals surface area contributed by atoms with E-state index in [4.69, 9.17) is 10.5 Å². The first kappa shape index (κ1) is 15.6. The van der Waals surface area contributed by atoms with Gasteiger partial charge in [-0.2, -0.15) is 4.31 Å². The summed E-state index contributed by atoms with van der Waals surface area (Å²) < 4.78 is 31.7. The number of likely N-dealkylation sites (N-methyl/N-ethyl adjacent to an activating group) is 1. The van der Waals surface area contributed by atoms with Crippen molar-refractivity contribution in [1.29, 1.82) is 0 Å². The zero-order chi connectivity index (χ0) is 13.8. The molecule has 0 bridgehead atoms. The van der Waals surface area contributed by atoms with E-state index in [9.17, 15) is 8.42 Å². The van der Waals surface area contributed by atoms with Gasteiger partial charge in [0.05, 0.1) is 6.61 Å². The Kier molecular flexibility index (Phi) is 5.74. The fraction of sp³-hybridized carbons (Fsp3) is 0.636. The molecule has 0 fully saturated rings. The number of methoxy groups -OCH3 is 1. The summed E-state index contributed by atoms with van der Waals surface area (Å²) in [6, 6.07) is 1.45. The highest BCUT2D eigenvalue weighted by molar-refractivity contribution is 7.91. The highest BCUT2D eigenvalue weighted by atomic mass is 32.2. The molecule has 2 N–H and O–H groups in total. The lowest BCUT2D eigenvalue weighted by molar-refractivity contribution is 0.143. The minimum Gasteiger partial charge on any atom is -0.383 e. The molecule has 0 spiro atoms. The van der Waals surface area contributed by atoms with Crippen molar-refractivity contribution in [3.63, 3.8) is 0 Å². The molecule has 5 nitrogen and oxygen atoms in total. The number of nitrogens with zero attached hydrogens (tertiary/aromatic N) is 1. The first-order valence-electron chi connectivity index (χ1n) is 5.75. The van der Waals surface area contributed by atoms with Crippen LogP contribution in [0.4, 0.5) is 0 Å². The second kappa shape index (κ2) is 6.63. The van der Waals surface area contributed by atoms with Crippen LogP contribution >= 0.6 is 11.3 Å². The van der Waals surface area contributed by atoms with Crippen LogP contribution in [0, 0.1) is 0 Å². The maximum absolute atomic E-state index is 12.4. The van der Waals surface area contributed by atoms with E-state index in [0.29, 0.717) is 23.9 Å². The van der Waals surface area contributed by atoms with Crippen LogP contribution in [0.2, 0.25) is 0 Å². The first-order valence-corrected chi connectivity index (χ1v) is 8.07. The monoisotopic (exact) mass is 292 g/mol. The molecule has 0 aliphatic carbocycles. The third kappa shape index (κ3) is 3.30. The molecule has 1 aromatic rings. The zero-order valence-corrected chi connectivity index (χ0v) is 12.6. The highest BCUT2D eigenvalue weighted by Gasteiger charge is 2.28. The molecular weight excluding hydrogens is 272 g/mol. The van der Waals surface area contributed by atoms with Crippen molar-refractivity contribution >= 4 is 21.4 Å². The van der Waals surface area contributed by atoms with Gasteiger partial charge in [0.1, 0.15) is 4.21 Å². The van der Waals surface area contributed by atoms with Gasteiger partial charge >= 0.3 is 0 Å². The predicted octanol–water partition coefficient (Wildman–Crippen LogP) is 1.25. The van der Waals surface area contributed by atoms with Crippen molar-refractivity contribution in [2.45, 2.75) is 30.6 Å². The Morgan fingerprint density at radius 3 is 2.67 bits per heavy atom. The molecule has 0 saturated carbocycles. The molecule has 0 radical (unpaired) electrons. The van der Waals surface area contributed by atoms with Gasteiger partial charge in [0, 0.05) is 26.2 Å². The van der Waals surface area contributed by atoms with E-state index in [1.165, 1.54) is 15.6 Å². The van der Waals surface area contributed by atoms with E-state index < -0.39 is 10.0 Å². The number of thiophene rings is 1. The third-order valence-electron chi connectivity index (χ3n) is 2.64. The summed E-state index contributed by atoms with van der Waals surface area (Å²) in [4.78, 5) is 0. The van der Waals surface area contributed by atoms with Gasteiger partial charge in [0.2, 0.25) is 0 Å². The van der Waals surface area contributed by atoms with Gasteiger partial charge in [-0.05, 0) is 23.9 Å². The standard InChI is InChI=1S/C11H20N2O3S2/c1-4-13(9(2)7-16-3)18(14,15)11-5-10(6-12)8-17-11/h5,8-9H,4,6-7,12H2,1-3H3. The van der Waals surface area contributed by atoms with Crippen molar-refractivity contribution in [1.82, 2.24) is 4.31 Å². The quantitative estimate of drug-likeness (QED) is 0.821. The number of ether oxygens (including phenoxy) is 1. The van der Waals surface area contributed by atoms with Crippen LogP contribution in [-0.2, 0) is 21.3 Å². The molecule has 104 valence electrons. The van der Waals surface area contributed by atoms with E-state index in [0.717, 1.165) is 5.56 Å². The predicted molar refractivity (Wildman–Crippen MR) is 73.1 cm³/mol. The summed E-state index contributed by atoms with van der Waals surface area (Å²) in [7, 11) is -1.88. The summed E-state index contributed by atoms with van der Waals surface area (Å²) >= 11 is 1.21. The molecule has 1 atom stereocenters. The van der Waals surface area contributed by atoms with Crippen LogP contribution in [0.15, 0.2) is 15.7 Å². The molecule has 18 heavy (non-hydrogen) atoms. The van der Waals surface area contributed by atoms with Crippen LogP contribution in [0.25, 0.3) is 0 Å². The summed E-state index contributed by atoms with van der Waals surface area (Å²) in [5.74, 6) is 0. The zero-order valence-electron chi connectivity index (χ0n) is 10.9. The highest BCUT2D eigenvalue weighted by Crippen LogP contribution is 2.25. The van der Waals surface area contributed by atoms with E-state index in [1.54, 1.807) is 18.6 Å². The van der Waals surface area contributed by atoms with Crippen LogP contribution in [0.1, 0.15) is 19.4 Å². The minimum atomic E-state index is -3.45. The minimum absolute atomic E-state index is 0.187. The van der Waals surface area contributed by atoms with Gasteiger partial charge < -0.3 is 10.5 Å². The van der Waals surface area contributed by atoms with Crippen molar-refractivity contribution < 1.29 is 13.2 Å². The maximum Gasteiger partial charge on any atom is 0.252 e. The lowest BCUT2D eigenvalue weighted by Gasteiger charge is -2.25. The van der Waals surface area contributed by atoms with Crippen molar-refractivity contribution in [2.24, 2.45) is 5.73 Å². The fourth-order valence-electron chi connectivity index (χ4n) is 1.75. The topological polar surface area (TPSA) is 72.6 Å². The molecular formula is C11H20N2O3S2. The summed E-state index contributed by atoms with van der Waals surface area (Å²) in [5, 5.41) is 1.78. The molecule has 1 aromatic heterocycles. The van der Waals surface area contributed by atoms with Gasteiger partial charge in [-0.3, -0.25) is 0 Å². The summed E-state index contributed by atoms with van der Waals surface area (Å²) in [6.07, 6.45) is 0.